The number of hydrogen-bond acceptors (Lipinski definition) is 6. The predicted octanol–water partition coefficient (Wildman–Crippen LogP) is 2.17. The minimum Gasteiger partial charge on any atom is -0.157 e. The molecule has 0 N–H and O–H groups in total. The first-order chi connectivity index (χ1) is 11.2. The maximum Gasteiger partial charge on any atom is 0.409 e. The first-order valence-electron chi connectivity index (χ1n) is 6.16. The Bertz CT molecular complexity index is 1010. The SMILES string of the molecule is O=S(=O)(c1ccc(Cl)s1)[n+]1cc[n+](S(=O)(=O)c2ccc(Cl)s2)cc1. The molecule has 0 aliphatic rings. The third kappa shape index (κ3) is 3.22. The largest absolute Gasteiger partial charge is 0.409 e. The molecule has 12 heteroatoms. The average Bonchev–Trinajstić information content (AvgIpc) is 3.16. The van der Waals surface area contributed by atoms with Crippen LogP contribution >= 0.6 is 45.9 Å². The van der Waals surface area contributed by atoms with Gasteiger partial charge in [0.05, 0.1) is 8.67 Å². The third-order valence-corrected chi connectivity index (χ3v) is 9.58. The second-order valence-electron chi connectivity index (χ2n) is 4.38. The van der Waals surface area contributed by atoms with Gasteiger partial charge < -0.3 is 0 Å². The van der Waals surface area contributed by atoms with Crippen molar-refractivity contribution in [3.63, 3.8) is 0 Å². The summed E-state index contributed by atoms with van der Waals surface area (Å²) in [6.07, 6.45) is 4.59. The van der Waals surface area contributed by atoms with E-state index in [-0.39, 0.29) is 8.42 Å². The Morgan fingerprint density at radius 2 is 1.00 bits per heavy atom. The number of thiophene rings is 2. The van der Waals surface area contributed by atoms with Gasteiger partial charge in [-0.05, 0) is 24.3 Å². The second-order valence-corrected chi connectivity index (χ2v) is 12.0. The first-order valence-corrected chi connectivity index (χ1v) is 11.4. The van der Waals surface area contributed by atoms with Crippen LogP contribution in [0.3, 0.4) is 0 Å². The first kappa shape index (κ1) is 17.8. The number of nitrogens with zero attached hydrogens (tertiary/aromatic N) is 2. The molecule has 3 aromatic heterocycles. The highest BCUT2D eigenvalue weighted by Crippen LogP contribution is 2.26. The Hall–Kier alpha value is -1.04. The highest BCUT2D eigenvalue weighted by atomic mass is 35.5. The highest BCUT2D eigenvalue weighted by Gasteiger charge is 2.32. The van der Waals surface area contributed by atoms with Crippen molar-refractivity contribution >= 4 is 65.9 Å². The van der Waals surface area contributed by atoms with Crippen LogP contribution in [-0.2, 0) is 20.0 Å². The quantitative estimate of drug-likeness (QED) is 0.580. The van der Waals surface area contributed by atoms with Crippen molar-refractivity contribution in [2.24, 2.45) is 0 Å². The fourth-order valence-corrected chi connectivity index (χ4v) is 7.24. The van der Waals surface area contributed by atoms with Gasteiger partial charge in [-0.15, -0.1) is 22.7 Å². The third-order valence-electron chi connectivity index (χ3n) is 2.88. The second kappa shape index (κ2) is 6.36. The van der Waals surface area contributed by atoms with Crippen LogP contribution in [-0.4, -0.2) is 16.8 Å². The van der Waals surface area contributed by atoms with Crippen molar-refractivity contribution in [2.45, 2.75) is 8.42 Å². The van der Waals surface area contributed by atoms with Crippen LogP contribution in [0.25, 0.3) is 0 Å². The lowest BCUT2D eigenvalue weighted by atomic mass is 10.7. The van der Waals surface area contributed by atoms with Crippen LogP contribution in [0, 0.1) is 0 Å². The molecule has 0 aliphatic heterocycles. The van der Waals surface area contributed by atoms with Gasteiger partial charge in [-0.25, -0.2) is 0 Å². The molecule has 0 amide bonds. The van der Waals surface area contributed by atoms with E-state index in [0.717, 1.165) is 55.4 Å². The van der Waals surface area contributed by atoms with Gasteiger partial charge in [0.15, 0.2) is 8.42 Å². The molecular weight excluding hydrogens is 435 g/mol. The van der Waals surface area contributed by atoms with E-state index in [1.54, 1.807) is 0 Å². The molecule has 126 valence electrons. The molecule has 6 nitrogen and oxygen atoms in total. The van der Waals surface area contributed by atoms with E-state index in [2.05, 4.69) is 0 Å². The summed E-state index contributed by atoms with van der Waals surface area (Å²) < 4.78 is 52.3. The normalized spacial score (nSPS) is 12.4. The summed E-state index contributed by atoms with van der Waals surface area (Å²) in [7, 11) is -7.63. The van der Waals surface area contributed by atoms with E-state index in [9.17, 15) is 16.8 Å². The summed E-state index contributed by atoms with van der Waals surface area (Å²) >= 11 is 13.4. The Kier molecular flexibility index (Phi) is 4.71. The zero-order chi connectivity index (χ0) is 17.5. The van der Waals surface area contributed by atoms with Gasteiger partial charge in [0.25, 0.3) is 24.8 Å². The lowest BCUT2D eigenvalue weighted by molar-refractivity contribution is -0.574. The molecule has 0 fully saturated rings. The van der Waals surface area contributed by atoms with Gasteiger partial charge in [-0.3, -0.25) is 0 Å². The summed E-state index contributed by atoms with van der Waals surface area (Å²) in [6, 6.07) is 5.74. The van der Waals surface area contributed by atoms with Crippen LogP contribution in [0.2, 0.25) is 8.67 Å². The molecule has 0 aromatic carbocycles. The average molecular weight is 443 g/mol. The molecule has 0 radical (unpaired) electrons. The van der Waals surface area contributed by atoms with Gasteiger partial charge >= 0.3 is 20.0 Å². The molecule has 3 rings (SSSR count). The molecule has 0 aliphatic carbocycles. The van der Waals surface area contributed by atoms with Gasteiger partial charge in [-0.1, -0.05) is 31.1 Å². The molecule has 0 bridgehead atoms. The molecule has 0 saturated carbocycles. The van der Waals surface area contributed by atoms with Crippen LogP contribution in [0.15, 0.2) is 57.5 Å². The van der Waals surface area contributed by atoms with E-state index in [4.69, 9.17) is 23.2 Å². The summed E-state index contributed by atoms with van der Waals surface area (Å²) in [4.78, 5) is 0. The summed E-state index contributed by atoms with van der Waals surface area (Å²) in [5.41, 5.74) is 0. The zero-order valence-corrected chi connectivity index (χ0v) is 16.3. The summed E-state index contributed by atoms with van der Waals surface area (Å²) in [5.74, 6) is 0. The van der Waals surface area contributed by atoms with Gasteiger partial charge in [0, 0.05) is 0 Å². The van der Waals surface area contributed by atoms with Gasteiger partial charge in [0.1, 0.15) is 0 Å². The minimum absolute atomic E-state index is 0.0585. The van der Waals surface area contributed by atoms with Crippen LogP contribution in [0.4, 0.5) is 0 Å². The van der Waals surface area contributed by atoms with E-state index in [1.807, 2.05) is 0 Å². The van der Waals surface area contributed by atoms with Gasteiger partial charge in [-0.2, -0.15) is 16.8 Å². The smallest absolute Gasteiger partial charge is 0.157 e. The van der Waals surface area contributed by atoms with Crippen LogP contribution in [0.1, 0.15) is 0 Å². The molecule has 0 atom stereocenters. The maximum absolute atomic E-state index is 12.4. The van der Waals surface area contributed by atoms with Crippen LogP contribution in [0.5, 0.6) is 0 Å². The van der Waals surface area contributed by atoms with Crippen molar-refractivity contribution in [1.82, 2.24) is 0 Å². The van der Waals surface area contributed by atoms with E-state index in [0.29, 0.717) is 8.67 Å². The molecule has 24 heavy (non-hydrogen) atoms. The van der Waals surface area contributed by atoms with E-state index in [1.165, 1.54) is 24.3 Å². The Morgan fingerprint density at radius 1 is 0.667 bits per heavy atom. The van der Waals surface area contributed by atoms with Crippen molar-refractivity contribution in [3.05, 3.63) is 57.7 Å². The molecule has 0 saturated heterocycles. The molecule has 0 spiro atoms. The van der Waals surface area contributed by atoms with Crippen molar-refractivity contribution in [1.29, 1.82) is 0 Å². The zero-order valence-electron chi connectivity index (χ0n) is 11.5. The van der Waals surface area contributed by atoms with Crippen LogP contribution < -0.4 is 7.94 Å². The lowest BCUT2D eigenvalue weighted by Gasteiger charge is -1.96. The molecule has 0 unspecified atom stereocenters. The fourth-order valence-electron chi connectivity index (χ4n) is 1.76. The number of halogens is 2. The Labute approximate surface area is 156 Å². The molecular formula is C12H8Cl2N2O4S4+2. The predicted molar refractivity (Wildman–Crippen MR) is 90.7 cm³/mol. The molecule has 3 aromatic rings. The number of rotatable bonds is 4. The van der Waals surface area contributed by atoms with E-state index < -0.39 is 20.0 Å². The Balaban J connectivity index is 2.00. The molecule has 3 heterocycles. The highest BCUT2D eigenvalue weighted by molar-refractivity contribution is 7.87. The van der Waals surface area contributed by atoms with Crippen molar-refractivity contribution < 1.29 is 24.8 Å². The topological polar surface area (TPSA) is 76.0 Å². The van der Waals surface area contributed by atoms with E-state index >= 15 is 0 Å². The summed E-state index contributed by atoms with van der Waals surface area (Å²) in [5, 5.41) is 0. The monoisotopic (exact) mass is 442 g/mol. The number of aromatic nitrogens is 2. The number of hydrogen-bond donors (Lipinski definition) is 0. The lowest BCUT2D eigenvalue weighted by Crippen LogP contribution is -2.49. The van der Waals surface area contributed by atoms with Crippen molar-refractivity contribution in [2.75, 3.05) is 0 Å². The fraction of sp³-hybridized carbons (Fsp3) is 0. The minimum atomic E-state index is -3.82. The van der Waals surface area contributed by atoms with Crippen molar-refractivity contribution in [3.8, 4) is 0 Å². The standard InChI is InChI=1S/C12H8Cl2N2O4S4/c13-9-1-3-11(21-9)23(17,18)15-5-7-16(8-6-15)24(19,20)12-4-2-10(14)22-12/h1-8H/q+2. The maximum atomic E-state index is 12.4. The summed E-state index contributed by atoms with van der Waals surface area (Å²) in [6.45, 7) is 0. The van der Waals surface area contributed by atoms with Gasteiger partial charge in [0.2, 0.25) is 0 Å². The Morgan fingerprint density at radius 3 is 1.25 bits per heavy atom.